The zero-order chi connectivity index (χ0) is 19.6. The topological polar surface area (TPSA) is 88.9 Å². The molecule has 1 aromatic carbocycles. The van der Waals surface area contributed by atoms with E-state index in [0.717, 1.165) is 22.0 Å². The monoisotopic (exact) mass is 406 g/mol. The Hall–Kier alpha value is -3.46. The van der Waals surface area contributed by atoms with Crippen molar-refractivity contribution in [1.82, 2.24) is 30.1 Å². The summed E-state index contributed by atoms with van der Waals surface area (Å²) < 4.78 is 7.50. The van der Waals surface area contributed by atoms with Crippen LogP contribution in [0.3, 0.4) is 0 Å². The van der Waals surface area contributed by atoms with E-state index in [0.29, 0.717) is 25.4 Å². The number of nitrogens with zero attached hydrogens (tertiary/aromatic N) is 5. The zero-order valence-electron chi connectivity index (χ0n) is 15.4. The molecule has 3 aromatic heterocycles. The molecule has 0 unspecified atom stereocenters. The standard InChI is InChI=1S/C20H18N6O2S/c27-20(18-9-17(22-23-18)19-7-4-8-29-19)25-11-15(12-25)26-10-14(21-24-26)13-28-16-5-2-1-3-6-16/h1-10,15H,11-13H2,(H,22,23). The minimum absolute atomic E-state index is 0.0759. The Labute approximate surface area is 170 Å². The Morgan fingerprint density at radius 3 is 2.86 bits per heavy atom. The fourth-order valence-electron chi connectivity index (χ4n) is 3.17. The van der Waals surface area contributed by atoms with Gasteiger partial charge in [-0.1, -0.05) is 29.5 Å². The Bertz CT molecular complexity index is 1100. The van der Waals surface area contributed by atoms with E-state index in [2.05, 4.69) is 20.5 Å². The summed E-state index contributed by atoms with van der Waals surface area (Å²) >= 11 is 1.61. The number of thiophene rings is 1. The van der Waals surface area contributed by atoms with Crippen molar-refractivity contribution < 1.29 is 9.53 Å². The Morgan fingerprint density at radius 2 is 2.07 bits per heavy atom. The first-order valence-electron chi connectivity index (χ1n) is 9.23. The predicted molar refractivity (Wildman–Crippen MR) is 108 cm³/mol. The Balaban J connectivity index is 1.16. The molecule has 0 spiro atoms. The van der Waals surface area contributed by atoms with E-state index in [-0.39, 0.29) is 11.9 Å². The number of amides is 1. The van der Waals surface area contributed by atoms with Crippen LogP contribution in [0.4, 0.5) is 0 Å². The van der Waals surface area contributed by atoms with Gasteiger partial charge in [0.25, 0.3) is 5.91 Å². The average Bonchev–Trinajstić information content (AvgIpc) is 3.47. The quantitative estimate of drug-likeness (QED) is 0.532. The zero-order valence-corrected chi connectivity index (χ0v) is 16.2. The summed E-state index contributed by atoms with van der Waals surface area (Å²) in [7, 11) is 0. The van der Waals surface area contributed by atoms with Gasteiger partial charge in [0.15, 0.2) is 5.69 Å². The smallest absolute Gasteiger partial charge is 0.274 e. The highest BCUT2D eigenvalue weighted by molar-refractivity contribution is 7.13. The Kier molecular flexibility index (Phi) is 4.57. The molecule has 1 amide bonds. The first-order valence-corrected chi connectivity index (χ1v) is 10.1. The normalized spacial score (nSPS) is 14.0. The van der Waals surface area contributed by atoms with Crippen molar-refractivity contribution >= 4 is 17.2 Å². The number of benzene rings is 1. The molecule has 146 valence electrons. The van der Waals surface area contributed by atoms with Gasteiger partial charge < -0.3 is 9.64 Å². The lowest BCUT2D eigenvalue weighted by Crippen LogP contribution is -2.51. The van der Waals surface area contributed by atoms with Gasteiger partial charge in [-0.2, -0.15) is 5.10 Å². The van der Waals surface area contributed by atoms with E-state index in [9.17, 15) is 4.79 Å². The minimum atomic E-state index is -0.0759. The number of aromatic amines is 1. The van der Waals surface area contributed by atoms with Gasteiger partial charge >= 0.3 is 0 Å². The highest BCUT2D eigenvalue weighted by Crippen LogP contribution is 2.26. The van der Waals surface area contributed by atoms with Gasteiger partial charge in [-0.25, -0.2) is 4.68 Å². The van der Waals surface area contributed by atoms with Crippen LogP contribution >= 0.6 is 11.3 Å². The van der Waals surface area contributed by atoms with Crippen molar-refractivity contribution in [2.45, 2.75) is 12.6 Å². The van der Waals surface area contributed by atoms with Gasteiger partial charge in [0.1, 0.15) is 18.1 Å². The van der Waals surface area contributed by atoms with Crippen LogP contribution in [0, 0.1) is 0 Å². The van der Waals surface area contributed by atoms with Gasteiger partial charge in [-0.3, -0.25) is 9.89 Å². The highest BCUT2D eigenvalue weighted by atomic mass is 32.1. The van der Waals surface area contributed by atoms with E-state index >= 15 is 0 Å². The molecule has 29 heavy (non-hydrogen) atoms. The van der Waals surface area contributed by atoms with Crippen LogP contribution in [0.15, 0.2) is 60.1 Å². The summed E-state index contributed by atoms with van der Waals surface area (Å²) in [6.07, 6.45) is 1.87. The van der Waals surface area contributed by atoms with Crippen molar-refractivity contribution in [3.05, 3.63) is 71.5 Å². The molecule has 0 saturated carbocycles. The molecule has 4 heterocycles. The van der Waals surface area contributed by atoms with Crippen LogP contribution in [-0.2, 0) is 6.61 Å². The Morgan fingerprint density at radius 1 is 1.21 bits per heavy atom. The van der Waals surface area contributed by atoms with E-state index < -0.39 is 0 Å². The van der Waals surface area contributed by atoms with E-state index in [1.807, 2.05) is 54.0 Å². The van der Waals surface area contributed by atoms with Crippen molar-refractivity contribution in [1.29, 1.82) is 0 Å². The van der Waals surface area contributed by atoms with Crippen molar-refractivity contribution in [3.8, 4) is 16.3 Å². The third-order valence-corrected chi connectivity index (χ3v) is 5.70. The van der Waals surface area contributed by atoms with Crippen molar-refractivity contribution in [2.24, 2.45) is 0 Å². The van der Waals surface area contributed by atoms with Crippen LogP contribution < -0.4 is 4.74 Å². The van der Waals surface area contributed by atoms with Crippen LogP contribution in [-0.4, -0.2) is 49.1 Å². The van der Waals surface area contributed by atoms with Gasteiger partial charge in [0, 0.05) is 13.1 Å². The number of likely N-dealkylation sites (tertiary alicyclic amines) is 1. The van der Waals surface area contributed by atoms with Crippen LogP contribution in [0.2, 0.25) is 0 Å². The highest BCUT2D eigenvalue weighted by Gasteiger charge is 2.34. The first kappa shape index (κ1) is 17.6. The molecule has 1 aliphatic rings. The molecule has 0 aliphatic carbocycles. The second-order valence-corrected chi connectivity index (χ2v) is 7.75. The number of para-hydroxylation sites is 1. The molecule has 4 aromatic rings. The molecule has 1 aliphatic heterocycles. The first-order chi connectivity index (χ1) is 14.3. The number of H-pyrrole nitrogens is 1. The molecule has 0 radical (unpaired) electrons. The van der Waals surface area contributed by atoms with Crippen LogP contribution in [0.1, 0.15) is 22.2 Å². The molecule has 9 heteroatoms. The lowest BCUT2D eigenvalue weighted by atomic mass is 10.1. The van der Waals surface area contributed by atoms with Gasteiger partial charge in [-0.15, -0.1) is 16.4 Å². The second kappa shape index (κ2) is 7.51. The number of hydrogen-bond acceptors (Lipinski definition) is 6. The summed E-state index contributed by atoms with van der Waals surface area (Å²) in [6.45, 7) is 1.53. The van der Waals surface area contributed by atoms with E-state index in [4.69, 9.17) is 4.74 Å². The summed E-state index contributed by atoms with van der Waals surface area (Å²) in [5.74, 6) is 0.719. The molecular formula is C20H18N6O2S. The molecule has 0 atom stereocenters. The molecular weight excluding hydrogens is 388 g/mol. The van der Waals surface area contributed by atoms with Gasteiger partial charge in [-0.05, 0) is 29.6 Å². The lowest BCUT2D eigenvalue weighted by Gasteiger charge is -2.38. The molecule has 1 N–H and O–H groups in total. The number of rotatable bonds is 6. The second-order valence-electron chi connectivity index (χ2n) is 6.80. The van der Waals surface area contributed by atoms with Gasteiger partial charge in [0.05, 0.1) is 22.8 Å². The maximum absolute atomic E-state index is 12.6. The predicted octanol–water partition coefficient (Wildman–Crippen LogP) is 3.01. The average molecular weight is 406 g/mol. The summed E-state index contributed by atoms with van der Waals surface area (Å²) in [5, 5.41) is 17.4. The third-order valence-electron chi connectivity index (χ3n) is 4.79. The summed E-state index contributed by atoms with van der Waals surface area (Å²) in [5.41, 5.74) is 2.05. The van der Waals surface area contributed by atoms with Crippen LogP contribution in [0.25, 0.3) is 10.6 Å². The third kappa shape index (κ3) is 3.64. The summed E-state index contributed by atoms with van der Waals surface area (Å²) in [6, 6.07) is 15.5. The fraction of sp³-hybridized carbons (Fsp3) is 0.200. The number of hydrogen-bond donors (Lipinski definition) is 1. The number of nitrogens with one attached hydrogen (secondary N) is 1. The minimum Gasteiger partial charge on any atom is -0.487 e. The van der Waals surface area contributed by atoms with Crippen LogP contribution in [0.5, 0.6) is 5.75 Å². The van der Waals surface area contributed by atoms with Gasteiger partial charge in [0.2, 0.25) is 0 Å². The number of ether oxygens (including phenoxy) is 1. The number of carbonyl (C=O) groups excluding carboxylic acids is 1. The maximum atomic E-state index is 12.6. The van der Waals surface area contributed by atoms with E-state index in [1.54, 1.807) is 27.0 Å². The molecule has 1 saturated heterocycles. The van der Waals surface area contributed by atoms with E-state index in [1.165, 1.54) is 0 Å². The SMILES string of the molecule is O=C(c1cc(-c2cccs2)[nH]n1)N1CC(n2cc(COc3ccccc3)nn2)C1. The summed E-state index contributed by atoms with van der Waals surface area (Å²) in [4.78, 5) is 15.5. The fourth-order valence-corrected chi connectivity index (χ4v) is 3.86. The largest absolute Gasteiger partial charge is 0.487 e. The maximum Gasteiger partial charge on any atom is 0.274 e. The molecule has 8 nitrogen and oxygen atoms in total. The molecule has 0 bridgehead atoms. The molecule has 1 fully saturated rings. The number of carbonyl (C=O) groups is 1. The van der Waals surface area contributed by atoms with Crippen molar-refractivity contribution in [3.63, 3.8) is 0 Å². The lowest BCUT2D eigenvalue weighted by molar-refractivity contribution is 0.0492. The molecule has 5 rings (SSSR count). The number of aromatic nitrogens is 5. The van der Waals surface area contributed by atoms with Crippen molar-refractivity contribution in [2.75, 3.05) is 13.1 Å².